The first kappa shape index (κ1) is 13.1. The van der Waals surface area contributed by atoms with Gasteiger partial charge in [0.1, 0.15) is 5.72 Å². The Morgan fingerprint density at radius 2 is 2.05 bits per heavy atom. The highest BCUT2D eigenvalue weighted by atomic mass is 32.2. The predicted octanol–water partition coefficient (Wildman–Crippen LogP) is 1.42. The van der Waals surface area contributed by atoms with Gasteiger partial charge < -0.3 is 4.74 Å². The molecule has 104 valence electrons. The smallest absolute Gasteiger partial charge is 0.154 e. The molecule has 3 rings (SSSR count). The average molecular weight is 281 g/mol. The summed E-state index contributed by atoms with van der Waals surface area (Å²) in [6.45, 7) is 2.20. The van der Waals surface area contributed by atoms with Crippen molar-refractivity contribution in [2.75, 3.05) is 24.7 Å². The van der Waals surface area contributed by atoms with Crippen molar-refractivity contribution in [3.63, 3.8) is 0 Å². The first-order valence-electron chi connectivity index (χ1n) is 6.73. The zero-order chi connectivity index (χ0) is 13.3. The molecule has 4 nitrogen and oxygen atoms in total. The van der Waals surface area contributed by atoms with Crippen LogP contribution in [0.1, 0.15) is 18.4 Å². The van der Waals surface area contributed by atoms with Crippen LogP contribution in [0.15, 0.2) is 30.3 Å². The lowest BCUT2D eigenvalue weighted by Gasteiger charge is -2.39. The fourth-order valence-electron chi connectivity index (χ4n) is 3.09. The quantitative estimate of drug-likeness (QED) is 0.822. The highest BCUT2D eigenvalue weighted by Gasteiger charge is 2.47. The molecule has 0 aromatic heterocycles. The van der Waals surface area contributed by atoms with Gasteiger partial charge in [-0.2, -0.15) is 0 Å². The van der Waals surface area contributed by atoms with E-state index in [1.54, 1.807) is 0 Å². The summed E-state index contributed by atoms with van der Waals surface area (Å²) in [5.74, 6) is 0.449. The number of hydrogen-bond acceptors (Lipinski definition) is 4. The summed E-state index contributed by atoms with van der Waals surface area (Å²) in [6, 6.07) is 10.2. The topological polar surface area (TPSA) is 46.6 Å². The molecule has 2 heterocycles. The summed E-state index contributed by atoms with van der Waals surface area (Å²) in [7, 11) is -2.97. The van der Waals surface area contributed by atoms with Crippen LogP contribution in [0.25, 0.3) is 0 Å². The maximum atomic E-state index is 11.9. The third kappa shape index (κ3) is 2.68. The number of nitrogens with zero attached hydrogens (tertiary/aromatic N) is 1. The Morgan fingerprint density at radius 1 is 1.26 bits per heavy atom. The van der Waals surface area contributed by atoms with Gasteiger partial charge in [0.15, 0.2) is 9.84 Å². The second-order valence-electron chi connectivity index (χ2n) is 5.40. The first-order valence-corrected chi connectivity index (χ1v) is 8.55. The van der Waals surface area contributed by atoms with E-state index < -0.39 is 15.6 Å². The van der Waals surface area contributed by atoms with Crippen LogP contribution in [-0.4, -0.2) is 43.7 Å². The molecule has 1 atom stereocenters. The van der Waals surface area contributed by atoms with Crippen molar-refractivity contribution in [3.8, 4) is 0 Å². The largest absolute Gasteiger partial charge is 0.358 e. The molecule has 0 radical (unpaired) electrons. The van der Waals surface area contributed by atoms with Crippen molar-refractivity contribution in [1.29, 1.82) is 0 Å². The van der Waals surface area contributed by atoms with Crippen LogP contribution in [0, 0.1) is 0 Å². The highest BCUT2D eigenvalue weighted by molar-refractivity contribution is 7.91. The summed E-state index contributed by atoms with van der Waals surface area (Å²) in [5, 5.41) is 0. The van der Waals surface area contributed by atoms with E-state index in [0.29, 0.717) is 18.8 Å². The minimum atomic E-state index is -2.97. The fraction of sp³-hybridized carbons (Fsp3) is 0.571. The van der Waals surface area contributed by atoms with Crippen LogP contribution < -0.4 is 0 Å². The van der Waals surface area contributed by atoms with Gasteiger partial charge in [-0.25, -0.2) is 8.42 Å². The van der Waals surface area contributed by atoms with Gasteiger partial charge in [0.05, 0.1) is 18.1 Å². The van der Waals surface area contributed by atoms with Gasteiger partial charge in [-0.3, -0.25) is 4.90 Å². The summed E-state index contributed by atoms with van der Waals surface area (Å²) in [5.41, 5.74) is 0.628. The van der Waals surface area contributed by atoms with Crippen molar-refractivity contribution >= 4 is 9.84 Å². The molecule has 5 heteroatoms. The Labute approximate surface area is 114 Å². The molecule has 0 aliphatic carbocycles. The molecule has 1 aromatic carbocycles. The molecule has 0 amide bonds. The van der Waals surface area contributed by atoms with Crippen molar-refractivity contribution in [1.82, 2.24) is 4.90 Å². The molecule has 2 aliphatic heterocycles. The van der Waals surface area contributed by atoms with Gasteiger partial charge in [-0.05, 0) is 18.4 Å². The van der Waals surface area contributed by atoms with E-state index in [-0.39, 0.29) is 5.75 Å². The van der Waals surface area contributed by atoms with E-state index in [9.17, 15) is 8.42 Å². The number of ether oxygens (including phenoxy) is 1. The molecule has 0 saturated carbocycles. The van der Waals surface area contributed by atoms with Crippen molar-refractivity contribution < 1.29 is 13.2 Å². The van der Waals surface area contributed by atoms with Crippen LogP contribution in [0.2, 0.25) is 0 Å². The second kappa shape index (κ2) is 4.89. The molecular weight excluding hydrogens is 262 g/mol. The zero-order valence-electron chi connectivity index (χ0n) is 10.9. The Balaban J connectivity index is 1.81. The first-order chi connectivity index (χ1) is 9.10. The van der Waals surface area contributed by atoms with E-state index in [1.165, 1.54) is 5.56 Å². The molecule has 2 fully saturated rings. The molecule has 2 saturated heterocycles. The molecule has 1 aromatic rings. The normalized spacial score (nSPS) is 30.7. The van der Waals surface area contributed by atoms with Gasteiger partial charge in [-0.15, -0.1) is 0 Å². The Kier molecular flexibility index (Phi) is 3.37. The third-order valence-electron chi connectivity index (χ3n) is 3.99. The fourth-order valence-corrected chi connectivity index (χ4v) is 4.91. The van der Waals surface area contributed by atoms with Gasteiger partial charge in [0.25, 0.3) is 0 Å². The summed E-state index contributed by atoms with van der Waals surface area (Å²) in [6.07, 6.45) is 1.52. The van der Waals surface area contributed by atoms with E-state index in [0.717, 1.165) is 19.5 Å². The number of hydrogen-bond donors (Lipinski definition) is 0. The van der Waals surface area contributed by atoms with E-state index >= 15 is 0 Å². The maximum Gasteiger partial charge on any atom is 0.154 e. The average Bonchev–Trinajstić information content (AvgIpc) is 2.71. The van der Waals surface area contributed by atoms with Crippen LogP contribution in [0.4, 0.5) is 0 Å². The van der Waals surface area contributed by atoms with E-state index in [4.69, 9.17) is 4.74 Å². The lowest BCUT2D eigenvalue weighted by atomic mass is 10.1. The Morgan fingerprint density at radius 3 is 2.79 bits per heavy atom. The molecule has 2 aliphatic rings. The standard InChI is InChI=1S/C14H19NO3S/c16-19(17)10-4-7-14(12-19)15(8-9-18-14)11-13-5-2-1-3-6-13/h1-3,5-6H,4,7-12H2. The lowest BCUT2D eigenvalue weighted by molar-refractivity contribution is -0.0757. The lowest BCUT2D eigenvalue weighted by Crippen LogP contribution is -2.52. The molecular formula is C14H19NO3S. The number of benzene rings is 1. The predicted molar refractivity (Wildman–Crippen MR) is 73.4 cm³/mol. The van der Waals surface area contributed by atoms with Gasteiger partial charge in [-0.1, -0.05) is 30.3 Å². The molecule has 0 N–H and O–H groups in total. The second-order valence-corrected chi connectivity index (χ2v) is 7.58. The molecule has 1 unspecified atom stereocenters. The SMILES string of the molecule is O=S1(=O)CCCC2(C1)OCCN2Cc1ccccc1. The summed E-state index contributed by atoms with van der Waals surface area (Å²) >= 11 is 0. The zero-order valence-corrected chi connectivity index (χ0v) is 11.7. The van der Waals surface area contributed by atoms with Crippen molar-refractivity contribution in [2.24, 2.45) is 0 Å². The molecule has 19 heavy (non-hydrogen) atoms. The maximum absolute atomic E-state index is 11.9. The van der Waals surface area contributed by atoms with Crippen molar-refractivity contribution in [3.05, 3.63) is 35.9 Å². The van der Waals surface area contributed by atoms with Crippen LogP contribution in [0.5, 0.6) is 0 Å². The van der Waals surface area contributed by atoms with Crippen LogP contribution in [-0.2, 0) is 21.1 Å². The van der Waals surface area contributed by atoms with Crippen LogP contribution >= 0.6 is 0 Å². The highest BCUT2D eigenvalue weighted by Crippen LogP contribution is 2.35. The monoisotopic (exact) mass is 281 g/mol. The van der Waals surface area contributed by atoms with Crippen molar-refractivity contribution in [2.45, 2.75) is 25.1 Å². The minimum Gasteiger partial charge on any atom is -0.358 e. The summed E-state index contributed by atoms with van der Waals surface area (Å²) in [4.78, 5) is 2.19. The number of sulfone groups is 1. The van der Waals surface area contributed by atoms with Gasteiger partial charge >= 0.3 is 0 Å². The number of rotatable bonds is 2. The Bertz CT molecular complexity index is 543. The van der Waals surface area contributed by atoms with Crippen LogP contribution in [0.3, 0.4) is 0 Å². The van der Waals surface area contributed by atoms with E-state index in [2.05, 4.69) is 17.0 Å². The summed E-state index contributed by atoms with van der Waals surface area (Å²) < 4.78 is 29.7. The Hall–Kier alpha value is -0.910. The van der Waals surface area contributed by atoms with Gasteiger partial charge in [0, 0.05) is 13.1 Å². The van der Waals surface area contributed by atoms with E-state index in [1.807, 2.05) is 18.2 Å². The molecule has 1 spiro atoms. The third-order valence-corrected chi connectivity index (χ3v) is 5.79. The molecule has 0 bridgehead atoms. The minimum absolute atomic E-state index is 0.146. The van der Waals surface area contributed by atoms with Gasteiger partial charge in [0.2, 0.25) is 0 Å².